The molecule has 1 fully saturated rings. The second-order valence-electron chi connectivity index (χ2n) is 5.01. The summed E-state index contributed by atoms with van der Waals surface area (Å²) in [5.41, 5.74) is 1.47. The van der Waals surface area contributed by atoms with E-state index in [1.165, 1.54) is 44.5 Å². The Kier molecular flexibility index (Phi) is 5.02. The molecule has 1 aromatic rings. The Morgan fingerprint density at radius 3 is 2.82 bits per heavy atom. The quantitative estimate of drug-likeness (QED) is 0.857. The number of aryl methyl sites for hydroxylation is 1. The Balaban J connectivity index is 1.78. The van der Waals surface area contributed by atoms with Crippen molar-refractivity contribution in [1.82, 2.24) is 10.2 Å². The van der Waals surface area contributed by atoms with E-state index in [1.54, 1.807) is 0 Å². The first-order valence-corrected chi connectivity index (χ1v) is 6.85. The standard InChI is InChI=1S/C15H24N2/c1-14(17-12-5-10-16-11-13-17)8-9-15-6-3-2-4-7-15/h2-4,6-7,14,16H,5,8-13H2,1H3. The summed E-state index contributed by atoms with van der Waals surface area (Å²) in [6.07, 6.45) is 3.76. The third kappa shape index (κ3) is 4.14. The van der Waals surface area contributed by atoms with Crippen LogP contribution in [0.2, 0.25) is 0 Å². The normalized spacial score (nSPS) is 19.8. The molecule has 17 heavy (non-hydrogen) atoms. The number of hydrogen-bond acceptors (Lipinski definition) is 2. The largest absolute Gasteiger partial charge is 0.315 e. The fourth-order valence-corrected chi connectivity index (χ4v) is 2.51. The van der Waals surface area contributed by atoms with Gasteiger partial charge in [-0.2, -0.15) is 0 Å². The molecule has 2 nitrogen and oxygen atoms in total. The number of hydrogen-bond donors (Lipinski definition) is 1. The van der Waals surface area contributed by atoms with Crippen LogP contribution in [-0.2, 0) is 6.42 Å². The van der Waals surface area contributed by atoms with Crippen LogP contribution in [-0.4, -0.2) is 37.1 Å². The van der Waals surface area contributed by atoms with E-state index in [0.29, 0.717) is 6.04 Å². The summed E-state index contributed by atoms with van der Waals surface area (Å²) < 4.78 is 0. The highest BCUT2D eigenvalue weighted by Crippen LogP contribution is 2.10. The molecule has 1 saturated heterocycles. The highest BCUT2D eigenvalue weighted by molar-refractivity contribution is 5.14. The number of benzene rings is 1. The molecular formula is C15H24N2. The molecule has 1 aromatic carbocycles. The molecule has 0 saturated carbocycles. The molecule has 1 aliphatic heterocycles. The van der Waals surface area contributed by atoms with Crippen LogP contribution in [0.5, 0.6) is 0 Å². The first-order chi connectivity index (χ1) is 8.36. The molecule has 0 aliphatic carbocycles. The first kappa shape index (κ1) is 12.6. The van der Waals surface area contributed by atoms with E-state index in [1.807, 2.05) is 0 Å². The van der Waals surface area contributed by atoms with Crippen molar-refractivity contribution in [2.75, 3.05) is 26.2 Å². The van der Waals surface area contributed by atoms with Crippen LogP contribution in [0.15, 0.2) is 30.3 Å². The molecule has 1 aliphatic rings. The Morgan fingerprint density at radius 1 is 1.18 bits per heavy atom. The maximum Gasteiger partial charge on any atom is 0.0110 e. The molecule has 0 bridgehead atoms. The summed E-state index contributed by atoms with van der Waals surface area (Å²) in [5, 5.41) is 3.46. The Bertz CT molecular complexity index is 302. The van der Waals surface area contributed by atoms with E-state index in [4.69, 9.17) is 0 Å². The van der Waals surface area contributed by atoms with E-state index in [-0.39, 0.29) is 0 Å². The third-order valence-corrected chi connectivity index (χ3v) is 3.69. The van der Waals surface area contributed by atoms with Crippen LogP contribution in [0.3, 0.4) is 0 Å². The Morgan fingerprint density at radius 2 is 2.00 bits per heavy atom. The molecule has 0 spiro atoms. The lowest BCUT2D eigenvalue weighted by Gasteiger charge is -2.27. The lowest BCUT2D eigenvalue weighted by atomic mass is 10.1. The SMILES string of the molecule is CC(CCc1ccccc1)N1CCCNCC1. The predicted molar refractivity (Wildman–Crippen MR) is 73.3 cm³/mol. The van der Waals surface area contributed by atoms with Crippen molar-refractivity contribution in [3.8, 4) is 0 Å². The van der Waals surface area contributed by atoms with Crippen molar-refractivity contribution in [3.63, 3.8) is 0 Å². The van der Waals surface area contributed by atoms with Gasteiger partial charge in [-0.15, -0.1) is 0 Å². The number of nitrogens with one attached hydrogen (secondary N) is 1. The summed E-state index contributed by atoms with van der Waals surface area (Å²) in [4.78, 5) is 2.63. The molecule has 0 amide bonds. The van der Waals surface area contributed by atoms with Gasteiger partial charge in [0.15, 0.2) is 0 Å². The maximum absolute atomic E-state index is 3.46. The number of nitrogens with zero attached hydrogens (tertiary/aromatic N) is 1. The lowest BCUT2D eigenvalue weighted by Crippen LogP contribution is -2.36. The fourth-order valence-electron chi connectivity index (χ4n) is 2.51. The molecule has 2 heteroatoms. The van der Waals surface area contributed by atoms with Crippen molar-refractivity contribution >= 4 is 0 Å². The predicted octanol–water partition coefficient (Wildman–Crippen LogP) is 2.30. The summed E-state index contributed by atoms with van der Waals surface area (Å²) in [7, 11) is 0. The van der Waals surface area contributed by atoms with Crippen molar-refractivity contribution in [3.05, 3.63) is 35.9 Å². The Labute approximate surface area is 105 Å². The fraction of sp³-hybridized carbons (Fsp3) is 0.600. The van der Waals surface area contributed by atoms with Gasteiger partial charge >= 0.3 is 0 Å². The van der Waals surface area contributed by atoms with Crippen LogP contribution in [0.4, 0.5) is 0 Å². The minimum atomic E-state index is 0.704. The summed E-state index contributed by atoms with van der Waals surface area (Å²) >= 11 is 0. The molecule has 1 unspecified atom stereocenters. The zero-order valence-corrected chi connectivity index (χ0v) is 10.9. The smallest absolute Gasteiger partial charge is 0.0110 e. The van der Waals surface area contributed by atoms with Crippen molar-refractivity contribution < 1.29 is 0 Å². The second-order valence-corrected chi connectivity index (χ2v) is 5.01. The zero-order chi connectivity index (χ0) is 11.9. The van der Waals surface area contributed by atoms with Crippen LogP contribution in [0.25, 0.3) is 0 Å². The average Bonchev–Trinajstić information content (AvgIpc) is 2.66. The van der Waals surface area contributed by atoms with Crippen LogP contribution < -0.4 is 5.32 Å². The minimum Gasteiger partial charge on any atom is -0.315 e. The van der Waals surface area contributed by atoms with Crippen molar-refractivity contribution in [2.24, 2.45) is 0 Å². The molecule has 0 radical (unpaired) electrons. The van der Waals surface area contributed by atoms with Gasteiger partial charge in [-0.1, -0.05) is 30.3 Å². The van der Waals surface area contributed by atoms with E-state index >= 15 is 0 Å². The summed E-state index contributed by atoms with van der Waals surface area (Å²) in [6.45, 7) is 7.16. The molecule has 1 heterocycles. The van der Waals surface area contributed by atoms with Gasteiger partial charge in [0.05, 0.1) is 0 Å². The van der Waals surface area contributed by atoms with Gasteiger partial charge in [0, 0.05) is 19.1 Å². The topological polar surface area (TPSA) is 15.3 Å². The molecule has 94 valence electrons. The summed E-state index contributed by atoms with van der Waals surface area (Å²) in [5.74, 6) is 0. The van der Waals surface area contributed by atoms with Gasteiger partial charge < -0.3 is 5.32 Å². The van der Waals surface area contributed by atoms with Crippen LogP contribution in [0.1, 0.15) is 25.3 Å². The summed E-state index contributed by atoms with van der Waals surface area (Å²) in [6, 6.07) is 11.5. The first-order valence-electron chi connectivity index (χ1n) is 6.85. The molecule has 0 aromatic heterocycles. The molecule has 1 atom stereocenters. The minimum absolute atomic E-state index is 0.704. The van der Waals surface area contributed by atoms with Crippen LogP contribution >= 0.6 is 0 Å². The van der Waals surface area contributed by atoms with Gasteiger partial charge in [0.25, 0.3) is 0 Å². The van der Waals surface area contributed by atoms with Gasteiger partial charge in [0.1, 0.15) is 0 Å². The van der Waals surface area contributed by atoms with Gasteiger partial charge in [-0.05, 0) is 44.8 Å². The van der Waals surface area contributed by atoms with Crippen molar-refractivity contribution in [1.29, 1.82) is 0 Å². The molecule has 1 N–H and O–H groups in total. The highest BCUT2D eigenvalue weighted by Gasteiger charge is 2.14. The average molecular weight is 232 g/mol. The Hall–Kier alpha value is -0.860. The van der Waals surface area contributed by atoms with Gasteiger partial charge in [-0.25, -0.2) is 0 Å². The lowest BCUT2D eigenvalue weighted by molar-refractivity contribution is 0.213. The molecule has 2 rings (SSSR count). The van der Waals surface area contributed by atoms with E-state index in [0.717, 1.165) is 6.54 Å². The molecular weight excluding hydrogens is 208 g/mol. The monoisotopic (exact) mass is 232 g/mol. The number of rotatable bonds is 4. The van der Waals surface area contributed by atoms with Crippen LogP contribution in [0, 0.1) is 0 Å². The van der Waals surface area contributed by atoms with E-state index in [2.05, 4.69) is 47.5 Å². The second kappa shape index (κ2) is 6.77. The third-order valence-electron chi connectivity index (χ3n) is 3.69. The van der Waals surface area contributed by atoms with E-state index in [9.17, 15) is 0 Å². The van der Waals surface area contributed by atoms with Gasteiger partial charge in [-0.3, -0.25) is 4.90 Å². The zero-order valence-electron chi connectivity index (χ0n) is 10.9. The highest BCUT2D eigenvalue weighted by atomic mass is 15.2. The maximum atomic E-state index is 3.46. The van der Waals surface area contributed by atoms with E-state index < -0.39 is 0 Å². The van der Waals surface area contributed by atoms with Crippen molar-refractivity contribution in [2.45, 2.75) is 32.2 Å². The van der Waals surface area contributed by atoms with Gasteiger partial charge in [0.2, 0.25) is 0 Å².